The smallest absolute Gasteiger partial charge is 0.0885 e. The van der Waals surface area contributed by atoms with Crippen molar-refractivity contribution in [1.29, 1.82) is 0 Å². The summed E-state index contributed by atoms with van der Waals surface area (Å²) < 4.78 is 0. The first kappa shape index (κ1) is 10.3. The van der Waals surface area contributed by atoms with Gasteiger partial charge in [-0.05, 0) is 18.3 Å². The predicted octanol–water partition coefficient (Wildman–Crippen LogP) is 1.83. The fraction of sp³-hybridized carbons (Fsp3) is 0.778. The maximum Gasteiger partial charge on any atom is 0.0885 e. The van der Waals surface area contributed by atoms with Gasteiger partial charge in [0.2, 0.25) is 0 Å². The molecule has 0 heterocycles. The Morgan fingerprint density at radius 1 is 1.45 bits per heavy atom. The van der Waals surface area contributed by atoms with E-state index in [0.29, 0.717) is 11.2 Å². The summed E-state index contributed by atoms with van der Waals surface area (Å²) in [6.45, 7) is 11.2. The van der Waals surface area contributed by atoms with Gasteiger partial charge in [-0.2, -0.15) is 0 Å². The van der Waals surface area contributed by atoms with Crippen LogP contribution in [0.3, 0.4) is 0 Å². The maximum absolute atomic E-state index is 5.34. The first-order valence-electron chi connectivity index (χ1n) is 4.10. The van der Waals surface area contributed by atoms with Crippen LogP contribution in [0.2, 0.25) is 0 Å². The number of nitrogens with two attached hydrogens (primary N) is 1. The molecule has 0 amide bonds. The summed E-state index contributed by atoms with van der Waals surface area (Å²) in [4.78, 5) is 0. The summed E-state index contributed by atoms with van der Waals surface area (Å²) in [6, 6.07) is 0. The van der Waals surface area contributed by atoms with Crippen molar-refractivity contribution >= 4 is 0 Å². The van der Waals surface area contributed by atoms with Crippen LogP contribution >= 0.6 is 0 Å². The molecule has 0 aromatic rings. The van der Waals surface area contributed by atoms with Gasteiger partial charge >= 0.3 is 0 Å². The third-order valence-corrected chi connectivity index (χ3v) is 1.46. The molecule has 11 heavy (non-hydrogen) atoms. The van der Waals surface area contributed by atoms with E-state index in [4.69, 9.17) is 5.73 Å². The molecule has 0 rings (SSSR count). The Hall–Kier alpha value is -0.660. The highest BCUT2D eigenvalue weighted by Gasteiger charge is 2.08. The molecule has 2 heteroatoms. The number of nitrogens with one attached hydrogen (secondary N) is 1. The summed E-state index contributed by atoms with van der Waals surface area (Å²) in [5.74, 6) is 0.568. The van der Waals surface area contributed by atoms with Gasteiger partial charge in [-0.15, -0.1) is 0 Å². The van der Waals surface area contributed by atoms with Crippen LogP contribution in [0, 0.1) is 5.41 Å². The predicted molar refractivity (Wildman–Crippen MR) is 50.0 cm³/mol. The number of hydrogen-bond donors (Lipinski definition) is 2. The van der Waals surface area contributed by atoms with Crippen molar-refractivity contribution in [2.24, 2.45) is 11.1 Å². The molecule has 66 valence electrons. The van der Waals surface area contributed by atoms with Crippen LogP contribution in [0.5, 0.6) is 0 Å². The zero-order valence-electron chi connectivity index (χ0n) is 7.91. The van der Waals surface area contributed by atoms with Crippen molar-refractivity contribution < 1.29 is 0 Å². The number of hydrogen-bond acceptors (Lipinski definition) is 2. The standard InChI is InChI=1S/C9H20N2/c1-8(10)11-7-5-6-9(2,3)4/h11H,1,5-7,10H2,2-4H3. The third-order valence-electron chi connectivity index (χ3n) is 1.46. The average molecular weight is 156 g/mol. The summed E-state index contributed by atoms with van der Waals surface area (Å²) in [5, 5.41) is 3.00. The second-order valence-corrected chi connectivity index (χ2v) is 4.12. The van der Waals surface area contributed by atoms with Crippen molar-refractivity contribution in [2.75, 3.05) is 6.54 Å². The molecule has 0 aliphatic carbocycles. The summed E-state index contributed by atoms with van der Waals surface area (Å²) in [6.07, 6.45) is 2.37. The highest BCUT2D eigenvalue weighted by atomic mass is 15.0. The quantitative estimate of drug-likeness (QED) is 0.609. The first-order valence-corrected chi connectivity index (χ1v) is 4.10. The Kier molecular flexibility index (Phi) is 4.01. The van der Waals surface area contributed by atoms with E-state index in [9.17, 15) is 0 Å². The Bertz CT molecular complexity index is 122. The Labute approximate surface area is 69.9 Å². The van der Waals surface area contributed by atoms with E-state index in [0.717, 1.165) is 13.0 Å². The zero-order chi connectivity index (χ0) is 8.91. The van der Waals surface area contributed by atoms with Gasteiger partial charge in [0.05, 0.1) is 5.82 Å². The highest BCUT2D eigenvalue weighted by molar-refractivity contribution is 4.81. The van der Waals surface area contributed by atoms with Crippen molar-refractivity contribution in [3.05, 3.63) is 12.4 Å². The fourth-order valence-electron chi connectivity index (χ4n) is 0.868. The molecule has 0 radical (unpaired) electrons. The largest absolute Gasteiger partial charge is 0.386 e. The minimum atomic E-state index is 0.428. The summed E-state index contributed by atoms with van der Waals surface area (Å²) >= 11 is 0. The third kappa shape index (κ3) is 9.34. The lowest BCUT2D eigenvalue weighted by Gasteiger charge is -2.17. The van der Waals surface area contributed by atoms with Crippen LogP contribution in [-0.2, 0) is 0 Å². The Morgan fingerprint density at radius 3 is 2.36 bits per heavy atom. The molecule has 0 atom stereocenters. The Morgan fingerprint density at radius 2 is 2.00 bits per heavy atom. The lowest BCUT2D eigenvalue weighted by atomic mass is 9.91. The van der Waals surface area contributed by atoms with E-state index in [1.807, 2.05) is 0 Å². The van der Waals surface area contributed by atoms with Crippen molar-refractivity contribution in [1.82, 2.24) is 5.32 Å². The van der Waals surface area contributed by atoms with Crippen LogP contribution < -0.4 is 11.1 Å². The van der Waals surface area contributed by atoms with Gasteiger partial charge in [0.25, 0.3) is 0 Å². The molecule has 0 aromatic carbocycles. The van der Waals surface area contributed by atoms with E-state index < -0.39 is 0 Å². The monoisotopic (exact) mass is 156 g/mol. The molecule has 0 saturated carbocycles. The first-order chi connectivity index (χ1) is 4.92. The van der Waals surface area contributed by atoms with Crippen LogP contribution in [0.25, 0.3) is 0 Å². The molecule has 3 N–H and O–H groups in total. The van der Waals surface area contributed by atoms with E-state index >= 15 is 0 Å². The molecular weight excluding hydrogens is 136 g/mol. The summed E-state index contributed by atoms with van der Waals surface area (Å²) in [7, 11) is 0. The van der Waals surface area contributed by atoms with Crippen molar-refractivity contribution in [2.45, 2.75) is 33.6 Å². The maximum atomic E-state index is 5.34. The molecule has 0 saturated heterocycles. The van der Waals surface area contributed by atoms with Gasteiger partial charge in [-0.1, -0.05) is 27.4 Å². The normalized spacial score (nSPS) is 11.2. The number of rotatable bonds is 4. The minimum absolute atomic E-state index is 0.428. The van der Waals surface area contributed by atoms with Gasteiger partial charge in [0.1, 0.15) is 0 Å². The van der Waals surface area contributed by atoms with Crippen LogP contribution in [0.1, 0.15) is 33.6 Å². The van der Waals surface area contributed by atoms with Crippen LogP contribution in [0.15, 0.2) is 12.4 Å². The fourth-order valence-corrected chi connectivity index (χ4v) is 0.868. The van der Waals surface area contributed by atoms with E-state index in [2.05, 4.69) is 32.7 Å². The van der Waals surface area contributed by atoms with Gasteiger partial charge in [-0.25, -0.2) is 0 Å². The molecule has 0 aromatic heterocycles. The highest BCUT2D eigenvalue weighted by Crippen LogP contribution is 2.19. The second kappa shape index (κ2) is 4.27. The SMILES string of the molecule is C=C(N)NCCCC(C)(C)C. The summed E-state index contributed by atoms with van der Waals surface area (Å²) in [5.41, 5.74) is 5.76. The van der Waals surface area contributed by atoms with Gasteiger partial charge in [0, 0.05) is 6.54 Å². The van der Waals surface area contributed by atoms with E-state index in [1.165, 1.54) is 6.42 Å². The van der Waals surface area contributed by atoms with Crippen LogP contribution in [0.4, 0.5) is 0 Å². The molecule has 2 nitrogen and oxygen atoms in total. The van der Waals surface area contributed by atoms with Gasteiger partial charge in [0.15, 0.2) is 0 Å². The topological polar surface area (TPSA) is 38.0 Å². The van der Waals surface area contributed by atoms with E-state index in [1.54, 1.807) is 0 Å². The molecule has 0 aliphatic heterocycles. The molecule has 0 fully saturated rings. The van der Waals surface area contributed by atoms with Gasteiger partial charge in [-0.3, -0.25) is 0 Å². The van der Waals surface area contributed by atoms with Crippen molar-refractivity contribution in [3.8, 4) is 0 Å². The average Bonchev–Trinajstić information content (AvgIpc) is 1.78. The van der Waals surface area contributed by atoms with E-state index in [-0.39, 0.29) is 0 Å². The molecule has 0 bridgehead atoms. The van der Waals surface area contributed by atoms with Gasteiger partial charge < -0.3 is 11.1 Å². The van der Waals surface area contributed by atoms with Crippen molar-refractivity contribution in [3.63, 3.8) is 0 Å². The zero-order valence-corrected chi connectivity index (χ0v) is 7.91. The molecular formula is C9H20N2. The molecule has 0 unspecified atom stereocenters. The van der Waals surface area contributed by atoms with Crippen LogP contribution in [-0.4, -0.2) is 6.54 Å². The lowest BCUT2D eigenvalue weighted by molar-refractivity contribution is 0.364. The Balaban J connectivity index is 3.22. The minimum Gasteiger partial charge on any atom is -0.386 e. The second-order valence-electron chi connectivity index (χ2n) is 4.12. The lowest BCUT2D eigenvalue weighted by Crippen LogP contribution is -2.21. The molecule has 0 aliphatic rings. The molecule has 0 spiro atoms.